The predicted molar refractivity (Wildman–Crippen MR) is 184 cm³/mol. The molecule has 4 aromatic carbocycles. The van der Waals surface area contributed by atoms with Gasteiger partial charge in [-0.2, -0.15) is 0 Å². The van der Waals surface area contributed by atoms with Crippen LogP contribution in [0, 0.1) is 6.92 Å². The summed E-state index contributed by atoms with van der Waals surface area (Å²) in [6.07, 6.45) is 0.267. The highest BCUT2D eigenvalue weighted by atomic mass is 79.9. The van der Waals surface area contributed by atoms with E-state index in [0.29, 0.717) is 12.2 Å². The van der Waals surface area contributed by atoms with Crippen LogP contribution < -0.4 is 9.62 Å². The highest BCUT2D eigenvalue weighted by molar-refractivity contribution is 9.10. The van der Waals surface area contributed by atoms with E-state index >= 15 is 0 Å². The van der Waals surface area contributed by atoms with Crippen molar-refractivity contribution in [1.82, 2.24) is 10.2 Å². The third-order valence-corrected chi connectivity index (χ3v) is 9.94. The molecule has 0 saturated heterocycles. The molecule has 45 heavy (non-hydrogen) atoms. The van der Waals surface area contributed by atoms with Crippen molar-refractivity contribution in [2.24, 2.45) is 0 Å². The molecule has 1 N–H and O–H groups in total. The van der Waals surface area contributed by atoms with Crippen LogP contribution >= 0.6 is 15.9 Å². The molecule has 0 aromatic heterocycles. The van der Waals surface area contributed by atoms with Gasteiger partial charge in [0.25, 0.3) is 10.0 Å². The molecular weight excluding hydrogens is 650 g/mol. The van der Waals surface area contributed by atoms with Crippen molar-refractivity contribution >= 4 is 43.5 Å². The van der Waals surface area contributed by atoms with Crippen LogP contribution in [0.15, 0.2) is 112 Å². The molecule has 1 atom stereocenters. The molecule has 0 fully saturated rings. The van der Waals surface area contributed by atoms with E-state index in [1.165, 1.54) is 4.90 Å². The summed E-state index contributed by atoms with van der Waals surface area (Å²) in [6, 6.07) is 30.0. The van der Waals surface area contributed by atoms with E-state index in [-0.39, 0.29) is 29.7 Å². The van der Waals surface area contributed by atoms with E-state index in [0.717, 1.165) is 31.0 Å². The van der Waals surface area contributed by atoms with E-state index in [4.69, 9.17) is 0 Å². The van der Waals surface area contributed by atoms with E-state index in [1.807, 2.05) is 80.6 Å². The largest absolute Gasteiger partial charge is 0.355 e. The highest BCUT2D eigenvalue weighted by Crippen LogP contribution is 2.27. The van der Waals surface area contributed by atoms with Gasteiger partial charge < -0.3 is 10.2 Å². The third-order valence-electron chi connectivity index (χ3n) is 7.62. The van der Waals surface area contributed by atoms with Crippen LogP contribution in [0.2, 0.25) is 0 Å². The summed E-state index contributed by atoms with van der Waals surface area (Å²) in [7, 11) is -4.15. The SMILES string of the molecule is CCNC(=O)[C@@H](Cc1ccccc1)N(Cc1ccc(Br)cc1)C(=O)CN(c1ccc(C(C)C)cc1)S(=O)(=O)c1ccc(C)cc1. The van der Waals surface area contributed by atoms with Crippen molar-refractivity contribution < 1.29 is 18.0 Å². The first-order valence-electron chi connectivity index (χ1n) is 15.0. The highest BCUT2D eigenvalue weighted by Gasteiger charge is 2.34. The third kappa shape index (κ3) is 8.83. The average Bonchev–Trinajstić information content (AvgIpc) is 3.03. The maximum atomic E-state index is 14.5. The molecule has 0 aliphatic carbocycles. The quantitative estimate of drug-likeness (QED) is 0.166. The molecule has 0 aliphatic rings. The molecule has 0 radical (unpaired) electrons. The second-order valence-electron chi connectivity index (χ2n) is 11.3. The van der Waals surface area contributed by atoms with Gasteiger partial charge in [0.05, 0.1) is 10.6 Å². The fraction of sp³-hybridized carbons (Fsp3) is 0.278. The molecule has 0 unspecified atom stereocenters. The van der Waals surface area contributed by atoms with Crippen molar-refractivity contribution in [3.63, 3.8) is 0 Å². The number of carbonyl (C=O) groups excluding carboxylic acids is 2. The number of halogens is 1. The van der Waals surface area contributed by atoms with Gasteiger partial charge in [-0.3, -0.25) is 13.9 Å². The van der Waals surface area contributed by atoms with Gasteiger partial charge in [-0.05, 0) is 72.9 Å². The molecule has 4 rings (SSSR count). The lowest BCUT2D eigenvalue weighted by Crippen LogP contribution is -2.53. The van der Waals surface area contributed by atoms with Crippen molar-refractivity contribution in [3.8, 4) is 0 Å². The second-order valence-corrected chi connectivity index (χ2v) is 14.1. The van der Waals surface area contributed by atoms with Gasteiger partial charge in [-0.1, -0.05) is 102 Å². The Kier molecular flexibility index (Phi) is 11.6. The average molecular weight is 691 g/mol. The van der Waals surface area contributed by atoms with Crippen LogP contribution in [0.25, 0.3) is 0 Å². The minimum atomic E-state index is -4.15. The van der Waals surface area contributed by atoms with E-state index in [2.05, 4.69) is 35.1 Å². The van der Waals surface area contributed by atoms with Crippen LogP contribution in [-0.4, -0.2) is 44.3 Å². The molecule has 0 saturated carbocycles. The summed E-state index contributed by atoms with van der Waals surface area (Å²) in [6.45, 7) is 7.86. The lowest BCUT2D eigenvalue weighted by molar-refractivity contribution is -0.140. The van der Waals surface area contributed by atoms with Crippen molar-refractivity contribution in [2.75, 3.05) is 17.4 Å². The van der Waals surface area contributed by atoms with Gasteiger partial charge in [0.15, 0.2) is 0 Å². The Morgan fingerprint density at radius 3 is 2.02 bits per heavy atom. The summed E-state index contributed by atoms with van der Waals surface area (Å²) in [5.74, 6) is -0.546. The number of hydrogen-bond acceptors (Lipinski definition) is 4. The summed E-state index contributed by atoms with van der Waals surface area (Å²) in [4.78, 5) is 29.7. The maximum absolute atomic E-state index is 14.5. The number of carbonyl (C=O) groups is 2. The molecule has 7 nitrogen and oxygen atoms in total. The number of rotatable bonds is 13. The standard InChI is InChI=1S/C36H40BrN3O4S/c1-5-38-36(42)34(23-28-9-7-6-8-10-28)39(24-29-13-17-31(37)18-14-29)35(41)25-40(32-19-15-30(16-20-32)26(2)3)45(43,44)33-21-11-27(4)12-22-33/h6-22,26,34H,5,23-25H2,1-4H3,(H,38,42)/t34-/m1/s1. The Balaban J connectivity index is 1.80. The molecule has 2 amide bonds. The van der Waals surface area contributed by atoms with Crippen LogP contribution in [0.4, 0.5) is 5.69 Å². The monoisotopic (exact) mass is 689 g/mol. The van der Waals surface area contributed by atoms with Gasteiger partial charge in [0.1, 0.15) is 12.6 Å². The van der Waals surface area contributed by atoms with Gasteiger partial charge in [-0.25, -0.2) is 8.42 Å². The number of benzene rings is 4. The van der Waals surface area contributed by atoms with Crippen molar-refractivity contribution in [1.29, 1.82) is 0 Å². The molecular formula is C36H40BrN3O4S. The normalized spacial score (nSPS) is 12.0. The smallest absolute Gasteiger partial charge is 0.264 e. The molecule has 9 heteroatoms. The summed E-state index contributed by atoms with van der Waals surface area (Å²) < 4.78 is 30.4. The van der Waals surface area contributed by atoms with Crippen LogP contribution in [0.3, 0.4) is 0 Å². The van der Waals surface area contributed by atoms with Gasteiger partial charge >= 0.3 is 0 Å². The number of aryl methyl sites for hydroxylation is 1. The molecule has 236 valence electrons. The number of nitrogens with one attached hydrogen (secondary N) is 1. The summed E-state index contributed by atoms with van der Waals surface area (Å²) in [5, 5.41) is 2.89. The number of likely N-dealkylation sites (N-methyl/N-ethyl adjacent to an activating group) is 1. The fourth-order valence-corrected chi connectivity index (χ4v) is 6.70. The zero-order valence-corrected chi connectivity index (χ0v) is 28.5. The van der Waals surface area contributed by atoms with Crippen LogP contribution in [-0.2, 0) is 32.6 Å². The number of sulfonamides is 1. The number of nitrogens with zero attached hydrogens (tertiary/aromatic N) is 2. The lowest BCUT2D eigenvalue weighted by atomic mass is 10.0. The lowest BCUT2D eigenvalue weighted by Gasteiger charge is -2.34. The van der Waals surface area contributed by atoms with E-state index in [1.54, 1.807) is 36.4 Å². The first-order valence-corrected chi connectivity index (χ1v) is 17.3. The van der Waals surface area contributed by atoms with E-state index < -0.39 is 28.5 Å². The molecule has 4 aromatic rings. The molecule has 0 heterocycles. The molecule has 0 spiro atoms. The first kappa shape index (κ1) is 33.9. The Labute approximate surface area is 275 Å². The van der Waals surface area contributed by atoms with Crippen molar-refractivity contribution in [2.45, 2.75) is 57.5 Å². The predicted octanol–water partition coefficient (Wildman–Crippen LogP) is 6.85. The minimum Gasteiger partial charge on any atom is -0.355 e. The van der Waals surface area contributed by atoms with Crippen molar-refractivity contribution in [3.05, 3.63) is 130 Å². The van der Waals surface area contributed by atoms with Gasteiger partial charge in [-0.15, -0.1) is 0 Å². The Bertz CT molecular complexity index is 1680. The Hall–Kier alpha value is -3.95. The number of amides is 2. The summed E-state index contributed by atoms with van der Waals surface area (Å²) in [5.41, 5.74) is 4.03. The fourth-order valence-electron chi connectivity index (χ4n) is 5.02. The zero-order chi connectivity index (χ0) is 32.6. The topological polar surface area (TPSA) is 86.8 Å². The Morgan fingerprint density at radius 2 is 1.44 bits per heavy atom. The van der Waals surface area contributed by atoms with Gasteiger partial charge in [0, 0.05) is 24.0 Å². The number of hydrogen-bond donors (Lipinski definition) is 1. The minimum absolute atomic E-state index is 0.0813. The molecule has 0 bridgehead atoms. The van der Waals surface area contributed by atoms with Crippen LogP contribution in [0.5, 0.6) is 0 Å². The Morgan fingerprint density at radius 1 is 0.822 bits per heavy atom. The first-order chi connectivity index (χ1) is 21.5. The maximum Gasteiger partial charge on any atom is 0.264 e. The zero-order valence-electron chi connectivity index (χ0n) is 26.1. The van der Waals surface area contributed by atoms with E-state index in [9.17, 15) is 18.0 Å². The summed E-state index contributed by atoms with van der Waals surface area (Å²) >= 11 is 3.46. The van der Waals surface area contributed by atoms with Crippen LogP contribution in [0.1, 0.15) is 48.9 Å². The second kappa shape index (κ2) is 15.4. The molecule has 0 aliphatic heterocycles. The van der Waals surface area contributed by atoms with Gasteiger partial charge in [0.2, 0.25) is 11.8 Å². The number of anilines is 1.